The Balaban J connectivity index is 2.44. The fourth-order valence-electron chi connectivity index (χ4n) is 1.68. The third kappa shape index (κ3) is 2.34. The van der Waals surface area contributed by atoms with Gasteiger partial charge in [0.15, 0.2) is 0 Å². The van der Waals surface area contributed by atoms with Gasteiger partial charge in [0.2, 0.25) is 0 Å². The van der Waals surface area contributed by atoms with Crippen molar-refractivity contribution in [3.8, 4) is 0 Å². The largest absolute Gasteiger partial charge is 0.397 e. The van der Waals surface area contributed by atoms with Gasteiger partial charge in [-0.25, -0.2) is 0 Å². The van der Waals surface area contributed by atoms with E-state index >= 15 is 0 Å². The second-order valence-electron chi connectivity index (χ2n) is 3.92. The minimum Gasteiger partial charge on any atom is -0.397 e. The molecule has 0 atom stereocenters. The highest BCUT2D eigenvalue weighted by molar-refractivity contribution is 6.31. The van der Waals surface area contributed by atoms with Gasteiger partial charge in [-0.15, -0.1) is 0 Å². The molecule has 1 aromatic heterocycles. The van der Waals surface area contributed by atoms with E-state index in [1.807, 2.05) is 37.1 Å². The lowest BCUT2D eigenvalue weighted by Crippen LogP contribution is -2.11. The quantitative estimate of drug-likeness (QED) is 0.827. The monoisotopic (exact) mass is 247 g/mol. The third-order valence-corrected chi connectivity index (χ3v) is 3.13. The van der Waals surface area contributed by atoms with Crippen LogP contribution in [0.4, 0.5) is 17.1 Å². The molecular formula is C13H14ClN3. The van der Waals surface area contributed by atoms with Crippen molar-refractivity contribution in [1.82, 2.24) is 4.98 Å². The topological polar surface area (TPSA) is 42.2 Å². The van der Waals surface area contributed by atoms with Crippen molar-refractivity contribution in [2.75, 3.05) is 17.7 Å². The number of anilines is 3. The molecule has 0 aliphatic heterocycles. The van der Waals surface area contributed by atoms with E-state index in [9.17, 15) is 0 Å². The number of hydrogen-bond donors (Lipinski definition) is 1. The molecule has 0 spiro atoms. The Kier molecular flexibility index (Phi) is 3.20. The third-order valence-electron chi connectivity index (χ3n) is 2.72. The van der Waals surface area contributed by atoms with Gasteiger partial charge in [-0.2, -0.15) is 0 Å². The first kappa shape index (κ1) is 11.7. The molecule has 0 bridgehead atoms. The summed E-state index contributed by atoms with van der Waals surface area (Å²) in [6.45, 7) is 1.96. The van der Waals surface area contributed by atoms with Gasteiger partial charge in [-0.1, -0.05) is 11.6 Å². The van der Waals surface area contributed by atoms with Gasteiger partial charge in [0, 0.05) is 30.2 Å². The number of aromatic nitrogens is 1. The van der Waals surface area contributed by atoms with Crippen molar-refractivity contribution >= 4 is 28.7 Å². The van der Waals surface area contributed by atoms with Gasteiger partial charge < -0.3 is 10.6 Å². The zero-order valence-electron chi connectivity index (χ0n) is 9.81. The van der Waals surface area contributed by atoms with Gasteiger partial charge in [-0.3, -0.25) is 4.98 Å². The molecule has 0 saturated heterocycles. The Labute approximate surface area is 106 Å². The SMILES string of the molecule is Cc1cc(N(C)c2ccncc2)c(N)cc1Cl. The van der Waals surface area contributed by atoms with E-state index < -0.39 is 0 Å². The maximum atomic E-state index is 6.03. The molecule has 0 radical (unpaired) electrons. The maximum Gasteiger partial charge on any atom is 0.0645 e. The predicted octanol–water partition coefficient (Wildman–Crippen LogP) is 3.39. The Hall–Kier alpha value is -1.74. The number of nitrogens with two attached hydrogens (primary N) is 1. The molecule has 0 amide bonds. The zero-order chi connectivity index (χ0) is 12.4. The highest BCUT2D eigenvalue weighted by Crippen LogP contribution is 2.32. The average Bonchev–Trinajstić information content (AvgIpc) is 2.34. The Morgan fingerprint density at radius 3 is 2.53 bits per heavy atom. The van der Waals surface area contributed by atoms with Crippen LogP contribution >= 0.6 is 11.6 Å². The van der Waals surface area contributed by atoms with Crippen LogP contribution in [-0.2, 0) is 0 Å². The standard InChI is InChI=1S/C13H14ClN3/c1-9-7-13(12(15)8-11(9)14)17(2)10-3-5-16-6-4-10/h3-8H,15H2,1-2H3. The summed E-state index contributed by atoms with van der Waals surface area (Å²) < 4.78 is 0. The summed E-state index contributed by atoms with van der Waals surface area (Å²) in [5, 5.41) is 0.689. The molecule has 1 aromatic carbocycles. The lowest BCUT2D eigenvalue weighted by Gasteiger charge is -2.22. The Morgan fingerprint density at radius 2 is 1.88 bits per heavy atom. The fraction of sp³-hybridized carbons (Fsp3) is 0.154. The highest BCUT2D eigenvalue weighted by Gasteiger charge is 2.09. The molecule has 2 N–H and O–H groups in total. The molecule has 3 nitrogen and oxygen atoms in total. The predicted molar refractivity (Wildman–Crippen MR) is 72.9 cm³/mol. The highest BCUT2D eigenvalue weighted by atomic mass is 35.5. The van der Waals surface area contributed by atoms with Gasteiger partial charge in [0.25, 0.3) is 0 Å². The molecule has 0 unspecified atom stereocenters. The lowest BCUT2D eigenvalue weighted by molar-refractivity contribution is 1.18. The van der Waals surface area contributed by atoms with E-state index in [2.05, 4.69) is 4.98 Å². The first-order valence-electron chi connectivity index (χ1n) is 5.29. The summed E-state index contributed by atoms with van der Waals surface area (Å²) in [7, 11) is 1.97. The van der Waals surface area contributed by atoms with Crippen LogP contribution < -0.4 is 10.6 Å². The zero-order valence-corrected chi connectivity index (χ0v) is 10.6. The maximum absolute atomic E-state index is 6.03. The van der Waals surface area contributed by atoms with Crippen molar-refractivity contribution in [3.05, 3.63) is 47.2 Å². The number of halogens is 1. The normalized spacial score (nSPS) is 10.3. The summed E-state index contributed by atoms with van der Waals surface area (Å²) in [4.78, 5) is 6.01. The first-order chi connectivity index (χ1) is 8.09. The molecule has 4 heteroatoms. The van der Waals surface area contributed by atoms with Crippen molar-refractivity contribution in [1.29, 1.82) is 0 Å². The first-order valence-corrected chi connectivity index (χ1v) is 5.67. The van der Waals surface area contributed by atoms with Crippen LogP contribution in [0.25, 0.3) is 0 Å². The van der Waals surface area contributed by atoms with E-state index in [1.54, 1.807) is 18.5 Å². The molecule has 0 aliphatic carbocycles. The summed E-state index contributed by atoms with van der Waals surface area (Å²) in [6.07, 6.45) is 3.51. The van der Waals surface area contributed by atoms with E-state index in [1.165, 1.54) is 0 Å². The fourth-order valence-corrected chi connectivity index (χ4v) is 1.85. The number of aryl methyl sites for hydroxylation is 1. The van der Waals surface area contributed by atoms with Gasteiger partial charge in [0.1, 0.15) is 0 Å². The molecule has 0 aliphatic rings. The lowest BCUT2D eigenvalue weighted by atomic mass is 10.1. The van der Waals surface area contributed by atoms with E-state index in [0.29, 0.717) is 10.7 Å². The van der Waals surface area contributed by atoms with Crippen molar-refractivity contribution < 1.29 is 0 Å². The van der Waals surface area contributed by atoms with E-state index in [0.717, 1.165) is 16.9 Å². The Morgan fingerprint density at radius 1 is 1.24 bits per heavy atom. The molecule has 88 valence electrons. The van der Waals surface area contributed by atoms with Crippen LogP contribution in [0.2, 0.25) is 5.02 Å². The summed E-state index contributed by atoms with van der Waals surface area (Å²) >= 11 is 6.03. The summed E-state index contributed by atoms with van der Waals surface area (Å²) in [5.41, 5.74) is 9.64. The number of nitrogens with zero attached hydrogens (tertiary/aromatic N) is 2. The van der Waals surface area contributed by atoms with E-state index in [4.69, 9.17) is 17.3 Å². The van der Waals surface area contributed by atoms with Gasteiger partial charge in [-0.05, 0) is 36.8 Å². The van der Waals surface area contributed by atoms with Gasteiger partial charge in [0.05, 0.1) is 11.4 Å². The second-order valence-corrected chi connectivity index (χ2v) is 4.33. The van der Waals surface area contributed by atoms with E-state index in [-0.39, 0.29) is 0 Å². The molecular weight excluding hydrogens is 234 g/mol. The van der Waals surface area contributed by atoms with Crippen molar-refractivity contribution in [2.45, 2.75) is 6.92 Å². The average molecular weight is 248 g/mol. The molecule has 2 rings (SSSR count). The number of rotatable bonds is 2. The minimum absolute atomic E-state index is 0.667. The summed E-state index contributed by atoms with van der Waals surface area (Å²) in [6, 6.07) is 7.63. The van der Waals surface area contributed by atoms with Crippen LogP contribution in [0.3, 0.4) is 0 Å². The number of benzene rings is 1. The van der Waals surface area contributed by atoms with Gasteiger partial charge >= 0.3 is 0 Å². The summed E-state index contributed by atoms with van der Waals surface area (Å²) in [5.74, 6) is 0. The molecule has 0 saturated carbocycles. The molecule has 1 heterocycles. The van der Waals surface area contributed by atoms with Crippen molar-refractivity contribution in [2.24, 2.45) is 0 Å². The van der Waals surface area contributed by atoms with Crippen LogP contribution in [0.1, 0.15) is 5.56 Å². The molecule has 2 aromatic rings. The molecule has 17 heavy (non-hydrogen) atoms. The number of nitrogen functional groups attached to an aromatic ring is 1. The minimum atomic E-state index is 0.667. The van der Waals surface area contributed by atoms with Crippen LogP contribution in [0, 0.1) is 6.92 Å². The smallest absolute Gasteiger partial charge is 0.0645 e. The van der Waals surface area contributed by atoms with Crippen LogP contribution in [0.5, 0.6) is 0 Å². The second kappa shape index (κ2) is 4.63. The Bertz CT molecular complexity index is 526. The van der Waals surface area contributed by atoms with Crippen LogP contribution in [0.15, 0.2) is 36.7 Å². The van der Waals surface area contributed by atoms with Crippen molar-refractivity contribution in [3.63, 3.8) is 0 Å². The molecule has 0 fully saturated rings. The number of hydrogen-bond acceptors (Lipinski definition) is 3. The van der Waals surface area contributed by atoms with Crippen LogP contribution in [-0.4, -0.2) is 12.0 Å². The number of pyridine rings is 1.